The van der Waals surface area contributed by atoms with Crippen molar-refractivity contribution in [3.05, 3.63) is 54.4 Å². The molecule has 1 aliphatic heterocycles. The number of aryl methyl sites for hydroxylation is 1. The highest BCUT2D eigenvalue weighted by molar-refractivity contribution is 5.77. The van der Waals surface area contributed by atoms with E-state index in [9.17, 15) is 31.1 Å². The number of likely N-dealkylation sites (tertiary alicyclic amines) is 1. The van der Waals surface area contributed by atoms with Gasteiger partial charge in [-0.1, -0.05) is 35.5 Å². The molecule has 0 spiro atoms. The number of nitrogens with zero attached hydrogens (tertiary/aromatic N) is 4. The predicted octanol–water partition coefficient (Wildman–Crippen LogP) is 3.76. The summed E-state index contributed by atoms with van der Waals surface area (Å²) in [6.07, 6.45) is -6.45. The number of aromatic nitrogens is 4. The number of nitrogens with one attached hydrogen (secondary N) is 1. The minimum Gasteiger partial charge on any atom is -0.475 e. The van der Waals surface area contributed by atoms with Crippen molar-refractivity contribution in [1.29, 1.82) is 0 Å². The molecule has 3 heterocycles. The maximum Gasteiger partial charge on any atom is 0.490 e. The van der Waals surface area contributed by atoms with Crippen LogP contribution in [-0.2, 0) is 21.4 Å². The fraction of sp³-hybridized carbons (Fsp3) is 0.381. The quantitative estimate of drug-likeness (QED) is 0.492. The fourth-order valence-electron chi connectivity index (χ4n) is 3.49. The third-order valence-corrected chi connectivity index (χ3v) is 5.41. The molecule has 2 aromatic heterocycles. The fourth-order valence-corrected chi connectivity index (χ4v) is 3.49. The first-order valence-electron chi connectivity index (χ1n) is 10.4. The van der Waals surface area contributed by atoms with Gasteiger partial charge in [0.25, 0.3) is 0 Å². The highest BCUT2D eigenvalue weighted by Gasteiger charge is 2.63. The molecular weight excluding hydrogens is 500 g/mol. The first-order valence-corrected chi connectivity index (χ1v) is 10.4. The molecule has 0 aliphatic carbocycles. The molecule has 1 aromatic carbocycles. The molecule has 0 radical (unpaired) electrons. The van der Waals surface area contributed by atoms with E-state index >= 15 is 0 Å². The van der Waals surface area contributed by atoms with Gasteiger partial charge in [0.05, 0.1) is 0 Å². The zero-order chi connectivity index (χ0) is 26.6. The summed E-state index contributed by atoms with van der Waals surface area (Å²) < 4.78 is 79.0. The lowest BCUT2D eigenvalue weighted by molar-refractivity contribution is -0.194. The second-order valence-corrected chi connectivity index (χ2v) is 7.77. The van der Waals surface area contributed by atoms with Gasteiger partial charge < -0.3 is 19.5 Å². The molecule has 2 N–H and O–H groups in total. The summed E-state index contributed by atoms with van der Waals surface area (Å²) in [7, 11) is 0. The van der Waals surface area contributed by atoms with Crippen molar-refractivity contribution in [2.45, 2.75) is 37.0 Å². The van der Waals surface area contributed by atoms with Crippen LogP contribution in [0.4, 0.5) is 26.3 Å². The number of halogens is 6. The zero-order valence-electron chi connectivity index (χ0n) is 18.3. The van der Waals surface area contributed by atoms with E-state index in [1.54, 1.807) is 42.7 Å². The molecule has 1 amide bonds. The van der Waals surface area contributed by atoms with Crippen molar-refractivity contribution >= 4 is 11.9 Å². The maximum atomic E-state index is 14.1. The molecule has 36 heavy (non-hydrogen) atoms. The molecule has 1 fully saturated rings. The van der Waals surface area contributed by atoms with Crippen LogP contribution in [-0.4, -0.2) is 67.4 Å². The SMILES string of the molecule is O=C(CCc1ncc[nH]1)N1CCC(c2nc(-c3ccccc3)no2)(C(F)(F)F)C1.O=C(O)C(F)(F)F. The Hall–Kier alpha value is -3.91. The average Bonchev–Trinajstić information content (AvgIpc) is 3.58. The minimum atomic E-state index is -5.08. The molecule has 3 aromatic rings. The van der Waals surface area contributed by atoms with E-state index in [0.29, 0.717) is 17.8 Å². The number of carboxylic acid groups (broad SMARTS) is 1. The lowest BCUT2D eigenvalue weighted by atomic mass is 9.86. The van der Waals surface area contributed by atoms with E-state index in [0.717, 1.165) is 0 Å². The third-order valence-electron chi connectivity index (χ3n) is 5.41. The molecule has 194 valence electrons. The molecule has 4 rings (SSSR count). The van der Waals surface area contributed by atoms with Crippen molar-refractivity contribution in [3.63, 3.8) is 0 Å². The van der Waals surface area contributed by atoms with Crippen molar-refractivity contribution < 1.29 is 45.6 Å². The van der Waals surface area contributed by atoms with Crippen molar-refractivity contribution in [2.24, 2.45) is 0 Å². The van der Waals surface area contributed by atoms with Gasteiger partial charge in [-0.05, 0) is 6.42 Å². The van der Waals surface area contributed by atoms with Crippen LogP contribution >= 0.6 is 0 Å². The number of hydrogen-bond donors (Lipinski definition) is 2. The Bertz CT molecular complexity index is 1160. The Morgan fingerprint density at radius 1 is 1.14 bits per heavy atom. The summed E-state index contributed by atoms with van der Waals surface area (Å²) in [5.41, 5.74) is -1.81. The molecule has 1 atom stereocenters. The highest BCUT2D eigenvalue weighted by Crippen LogP contribution is 2.47. The summed E-state index contributed by atoms with van der Waals surface area (Å²) in [6.45, 7) is -0.566. The van der Waals surface area contributed by atoms with Gasteiger partial charge in [-0.15, -0.1) is 0 Å². The van der Waals surface area contributed by atoms with Gasteiger partial charge in [0, 0.05) is 43.9 Å². The molecule has 15 heteroatoms. The topological polar surface area (TPSA) is 125 Å². The molecule has 0 bridgehead atoms. The number of carboxylic acids is 1. The normalized spacial score (nSPS) is 18.0. The van der Waals surface area contributed by atoms with Crippen LogP contribution in [0.5, 0.6) is 0 Å². The number of alkyl halides is 6. The number of rotatable bonds is 5. The molecule has 0 saturated carbocycles. The number of carbonyl (C=O) groups excluding carboxylic acids is 1. The highest BCUT2D eigenvalue weighted by atomic mass is 19.4. The van der Waals surface area contributed by atoms with Gasteiger partial charge in [-0.25, -0.2) is 9.78 Å². The van der Waals surface area contributed by atoms with Gasteiger partial charge in [-0.2, -0.15) is 31.3 Å². The van der Waals surface area contributed by atoms with Crippen LogP contribution in [0.3, 0.4) is 0 Å². The van der Waals surface area contributed by atoms with E-state index in [-0.39, 0.29) is 31.1 Å². The van der Waals surface area contributed by atoms with E-state index < -0.39 is 36.2 Å². The number of imidazole rings is 1. The van der Waals surface area contributed by atoms with Crippen LogP contribution in [0.2, 0.25) is 0 Å². The smallest absolute Gasteiger partial charge is 0.475 e. The third kappa shape index (κ3) is 6.01. The monoisotopic (exact) mass is 519 g/mol. The average molecular weight is 519 g/mol. The second kappa shape index (κ2) is 10.4. The van der Waals surface area contributed by atoms with E-state index in [4.69, 9.17) is 14.4 Å². The number of benzene rings is 1. The Balaban J connectivity index is 0.000000454. The first kappa shape index (κ1) is 26.7. The van der Waals surface area contributed by atoms with E-state index in [2.05, 4.69) is 20.1 Å². The number of aliphatic carboxylic acids is 1. The first-order chi connectivity index (χ1) is 16.8. The van der Waals surface area contributed by atoms with Gasteiger partial charge in [-0.3, -0.25) is 4.79 Å². The Morgan fingerprint density at radius 3 is 2.36 bits per heavy atom. The van der Waals surface area contributed by atoms with Crippen LogP contribution in [0, 0.1) is 0 Å². The van der Waals surface area contributed by atoms with Crippen LogP contribution in [0.1, 0.15) is 24.6 Å². The molecule has 1 aliphatic rings. The minimum absolute atomic E-state index is 0.0282. The number of aromatic amines is 1. The van der Waals surface area contributed by atoms with Crippen molar-refractivity contribution in [2.75, 3.05) is 13.1 Å². The van der Waals surface area contributed by atoms with Crippen LogP contribution < -0.4 is 0 Å². The lowest BCUT2D eigenvalue weighted by Crippen LogP contribution is -2.46. The Kier molecular flexibility index (Phi) is 7.69. The second-order valence-electron chi connectivity index (χ2n) is 7.77. The van der Waals surface area contributed by atoms with Crippen molar-refractivity contribution in [1.82, 2.24) is 25.0 Å². The van der Waals surface area contributed by atoms with Gasteiger partial charge in [0.15, 0.2) is 5.41 Å². The van der Waals surface area contributed by atoms with Crippen LogP contribution in [0.25, 0.3) is 11.4 Å². The van der Waals surface area contributed by atoms with Gasteiger partial charge >= 0.3 is 18.3 Å². The number of carbonyl (C=O) groups is 2. The standard InChI is InChI=1S/C19H18F3N5O2.C2HF3O2/c20-19(21,22)18(17-25-16(26-29-17)13-4-2-1-3-5-13)8-11-27(12-18)15(28)7-6-14-23-9-10-24-14;3-2(4,5)1(6)7/h1-5,9-10H,6-8,11-12H2,(H,23,24);(H,6,7). The summed E-state index contributed by atoms with van der Waals surface area (Å²) >= 11 is 0. The predicted molar refractivity (Wildman–Crippen MR) is 109 cm³/mol. The summed E-state index contributed by atoms with van der Waals surface area (Å²) in [4.78, 5) is 33.5. The number of H-pyrrole nitrogens is 1. The molecule has 9 nitrogen and oxygen atoms in total. The maximum absolute atomic E-state index is 14.1. The van der Waals surface area contributed by atoms with Crippen LogP contribution in [0.15, 0.2) is 47.2 Å². The lowest BCUT2D eigenvalue weighted by Gasteiger charge is -2.28. The van der Waals surface area contributed by atoms with E-state index in [1.165, 1.54) is 4.90 Å². The van der Waals surface area contributed by atoms with Gasteiger partial charge in [0.1, 0.15) is 5.82 Å². The molecular formula is C21H19F6N5O4. The Labute approximate surface area is 199 Å². The summed E-state index contributed by atoms with van der Waals surface area (Å²) in [6, 6.07) is 8.63. The number of hydrogen-bond acceptors (Lipinski definition) is 6. The summed E-state index contributed by atoms with van der Waals surface area (Å²) in [5.74, 6) is -2.93. The summed E-state index contributed by atoms with van der Waals surface area (Å²) in [5, 5.41) is 10.9. The molecule has 1 saturated heterocycles. The Morgan fingerprint density at radius 2 is 1.81 bits per heavy atom. The van der Waals surface area contributed by atoms with Gasteiger partial charge in [0.2, 0.25) is 17.6 Å². The zero-order valence-corrected chi connectivity index (χ0v) is 18.3. The number of amides is 1. The van der Waals surface area contributed by atoms with E-state index in [1.807, 2.05) is 0 Å². The largest absolute Gasteiger partial charge is 0.490 e. The van der Waals surface area contributed by atoms with Crippen molar-refractivity contribution in [3.8, 4) is 11.4 Å². The molecule has 1 unspecified atom stereocenters.